The van der Waals surface area contributed by atoms with Crippen molar-refractivity contribution in [3.05, 3.63) is 34.9 Å². The number of nitrogens with one attached hydrogen (secondary N) is 1. The van der Waals surface area contributed by atoms with E-state index in [1.807, 2.05) is 12.1 Å². The van der Waals surface area contributed by atoms with Crippen molar-refractivity contribution in [1.82, 2.24) is 5.32 Å². The highest BCUT2D eigenvalue weighted by Gasteiger charge is 2.16. The van der Waals surface area contributed by atoms with Gasteiger partial charge >= 0.3 is 0 Å². The normalized spacial score (nSPS) is 14.5. The second kappa shape index (κ2) is 9.20. The molecule has 0 radical (unpaired) electrons. The second-order valence-corrected chi connectivity index (χ2v) is 4.73. The molecule has 0 amide bonds. The van der Waals surface area contributed by atoms with E-state index in [2.05, 4.69) is 5.32 Å². The first-order valence-corrected chi connectivity index (χ1v) is 6.54. The van der Waals surface area contributed by atoms with Gasteiger partial charge in [-0.25, -0.2) is 8.78 Å². The Kier molecular flexibility index (Phi) is 7.94. The Bertz CT molecular complexity index is 396. The summed E-state index contributed by atoms with van der Waals surface area (Å²) in [5.41, 5.74) is 0.808. The molecule has 2 atom stereocenters. The molecule has 7 heteroatoms. The van der Waals surface area contributed by atoms with E-state index in [1.165, 1.54) is 0 Å². The van der Waals surface area contributed by atoms with Gasteiger partial charge in [-0.1, -0.05) is 29.8 Å². The van der Waals surface area contributed by atoms with Gasteiger partial charge in [-0.3, -0.25) is 0 Å². The number of aliphatic hydroxyl groups is 2. The molecular formula is C13H18ClF2NO3. The molecule has 20 heavy (non-hydrogen) atoms. The molecule has 4 nitrogen and oxygen atoms in total. The summed E-state index contributed by atoms with van der Waals surface area (Å²) in [4.78, 5) is 0. The van der Waals surface area contributed by atoms with Gasteiger partial charge in [0.05, 0.1) is 19.3 Å². The van der Waals surface area contributed by atoms with Crippen LogP contribution in [0, 0.1) is 0 Å². The molecule has 0 aromatic heterocycles. The minimum atomic E-state index is -2.80. The maximum absolute atomic E-state index is 12.0. The second-order valence-electron chi connectivity index (χ2n) is 4.32. The number of benzene rings is 1. The van der Waals surface area contributed by atoms with E-state index in [-0.39, 0.29) is 26.3 Å². The molecule has 2 unspecified atom stereocenters. The molecule has 0 bridgehead atoms. The summed E-state index contributed by atoms with van der Waals surface area (Å²) in [6.45, 7) is 0.0882. The van der Waals surface area contributed by atoms with Gasteiger partial charge in [-0.2, -0.15) is 0 Å². The van der Waals surface area contributed by atoms with Gasteiger partial charge in [-0.15, -0.1) is 0 Å². The van der Waals surface area contributed by atoms with E-state index >= 15 is 0 Å². The average molecular weight is 310 g/mol. The first kappa shape index (κ1) is 17.3. The lowest BCUT2D eigenvalue weighted by molar-refractivity contribution is -0.00813. The molecule has 1 rings (SSSR count). The fourth-order valence-electron chi connectivity index (χ4n) is 1.47. The van der Waals surface area contributed by atoms with Crippen LogP contribution in [0.15, 0.2) is 24.3 Å². The maximum Gasteiger partial charge on any atom is 0.265 e. The molecule has 0 spiro atoms. The van der Waals surface area contributed by atoms with Gasteiger partial charge in [-0.05, 0) is 11.6 Å². The molecule has 0 aliphatic heterocycles. The van der Waals surface area contributed by atoms with Crippen molar-refractivity contribution in [3.63, 3.8) is 0 Å². The fraction of sp³-hybridized carbons (Fsp3) is 0.538. The molecule has 1 aromatic carbocycles. The third-order valence-electron chi connectivity index (χ3n) is 2.55. The first-order valence-electron chi connectivity index (χ1n) is 6.17. The van der Waals surface area contributed by atoms with Crippen molar-refractivity contribution < 1.29 is 23.7 Å². The predicted octanol–water partition coefficient (Wildman–Crippen LogP) is 1.43. The highest BCUT2D eigenvalue weighted by Crippen LogP contribution is 2.15. The molecule has 1 aromatic rings. The van der Waals surface area contributed by atoms with Gasteiger partial charge < -0.3 is 20.3 Å². The van der Waals surface area contributed by atoms with Crippen LogP contribution in [0.5, 0.6) is 0 Å². The molecule has 0 heterocycles. The smallest absolute Gasteiger partial charge is 0.265 e. The summed E-state index contributed by atoms with van der Waals surface area (Å²) in [5, 5.41) is 21.5. The summed E-state index contributed by atoms with van der Waals surface area (Å²) in [6, 6.07) is 7.18. The van der Waals surface area contributed by atoms with Crippen molar-refractivity contribution in [1.29, 1.82) is 0 Å². The lowest BCUT2D eigenvalue weighted by atomic mass is 10.2. The predicted molar refractivity (Wildman–Crippen MR) is 72.0 cm³/mol. The lowest BCUT2D eigenvalue weighted by Gasteiger charge is -2.15. The number of rotatable bonds is 9. The quantitative estimate of drug-likeness (QED) is 0.646. The summed E-state index contributed by atoms with van der Waals surface area (Å²) >= 11 is 5.93. The summed E-state index contributed by atoms with van der Waals surface area (Å²) in [5.74, 6) is 0. The topological polar surface area (TPSA) is 61.7 Å². The van der Waals surface area contributed by atoms with Crippen LogP contribution in [0.25, 0.3) is 0 Å². The molecule has 0 aliphatic carbocycles. The minimum Gasteiger partial charge on any atom is -0.389 e. The van der Waals surface area contributed by atoms with E-state index < -0.39 is 18.6 Å². The maximum atomic E-state index is 12.0. The Balaban J connectivity index is 2.14. The number of ether oxygens (including phenoxy) is 1. The number of alkyl halides is 2. The number of aliphatic hydroxyl groups excluding tert-OH is 2. The van der Waals surface area contributed by atoms with E-state index in [0.717, 1.165) is 5.56 Å². The average Bonchev–Trinajstić information content (AvgIpc) is 2.40. The highest BCUT2D eigenvalue weighted by molar-refractivity contribution is 6.31. The fourth-order valence-corrected chi connectivity index (χ4v) is 1.66. The van der Waals surface area contributed by atoms with Crippen molar-refractivity contribution in [3.8, 4) is 0 Å². The van der Waals surface area contributed by atoms with Gasteiger partial charge in [0.25, 0.3) is 6.43 Å². The Morgan fingerprint density at radius 1 is 1.20 bits per heavy atom. The zero-order valence-electron chi connectivity index (χ0n) is 10.8. The first-order chi connectivity index (χ1) is 9.50. The molecule has 3 N–H and O–H groups in total. The van der Waals surface area contributed by atoms with Crippen molar-refractivity contribution >= 4 is 11.6 Å². The monoisotopic (exact) mass is 309 g/mol. The van der Waals surface area contributed by atoms with Crippen molar-refractivity contribution in [2.75, 3.05) is 19.7 Å². The Morgan fingerprint density at radius 3 is 2.55 bits per heavy atom. The molecule has 114 valence electrons. The summed E-state index contributed by atoms with van der Waals surface area (Å²) in [6.07, 6.45) is -5.37. The van der Waals surface area contributed by atoms with E-state index in [9.17, 15) is 13.9 Å². The molecular weight excluding hydrogens is 292 g/mol. The van der Waals surface area contributed by atoms with Gasteiger partial charge in [0.15, 0.2) is 0 Å². The Morgan fingerprint density at radius 2 is 1.90 bits per heavy atom. The lowest BCUT2D eigenvalue weighted by Crippen LogP contribution is -2.37. The molecule has 0 fully saturated rings. The van der Waals surface area contributed by atoms with Crippen molar-refractivity contribution in [2.24, 2.45) is 0 Å². The van der Waals surface area contributed by atoms with Crippen LogP contribution in [-0.2, 0) is 11.3 Å². The van der Waals surface area contributed by atoms with Gasteiger partial charge in [0, 0.05) is 18.1 Å². The van der Waals surface area contributed by atoms with E-state index in [0.29, 0.717) is 5.02 Å². The zero-order valence-corrected chi connectivity index (χ0v) is 11.6. The van der Waals surface area contributed by atoms with Crippen LogP contribution in [0.3, 0.4) is 0 Å². The molecule has 0 aliphatic rings. The zero-order chi connectivity index (χ0) is 15.0. The van der Waals surface area contributed by atoms with Crippen LogP contribution in [0.1, 0.15) is 5.56 Å². The molecule has 0 saturated heterocycles. The van der Waals surface area contributed by atoms with Gasteiger partial charge in [0.2, 0.25) is 0 Å². The standard InChI is InChI=1S/C13H18ClF2NO3/c14-11-4-2-1-3-9(11)7-20-8-10(18)5-17-6-12(19)13(15)16/h1-4,10,12-13,17-19H,5-8H2. The Hall–Kier alpha value is -0.790. The number of hydrogen-bond acceptors (Lipinski definition) is 4. The highest BCUT2D eigenvalue weighted by atomic mass is 35.5. The van der Waals surface area contributed by atoms with Crippen LogP contribution in [-0.4, -0.2) is 48.5 Å². The van der Waals surface area contributed by atoms with Crippen molar-refractivity contribution in [2.45, 2.75) is 25.2 Å². The SMILES string of the molecule is OC(CNCC(O)C(F)F)COCc1ccccc1Cl. The van der Waals surface area contributed by atoms with E-state index in [1.54, 1.807) is 12.1 Å². The van der Waals surface area contributed by atoms with Crippen LogP contribution in [0.2, 0.25) is 5.02 Å². The van der Waals surface area contributed by atoms with Gasteiger partial charge in [0.1, 0.15) is 6.10 Å². The summed E-state index contributed by atoms with van der Waals surface area (Å²) < 4.78 is 29.3. The Labute approximate surface area is 121 Å². The van der Waals surface area contributed by atoms with Crippen LogP contribution in [0.4, 0.5) is 8.78 Å². The van der Waals surface area contributed by atoms with E-state index in [4.69, 9.17) is 21.4 Å². The third-order valence-corrected chi connectivity index (χ3v) is 2.92. The van der Waals surface area contributed by atoms with Crippen LogP contribution < -0.4 is 5.32 Å². The third kappa shape index (κ3) is 6.58. The molecule has 0 saturated carbocycles. The van der Waals surface area contributed by atoms with Crippen LogP contribution >= 0.6 is 11.6 Å². The minimum absolute atomic E-state index is 0.0446. The largest absolute Gasteiger partial charge is 0.389 e. The number of hydrogen-bond donors (Lipinski definition) is 3. The summed E-state index contributed by atoms with van der Waals surface area (Å²) in [7, 11) is 0. The number of halogens is 3.